The highest BCUT2D eigenvalue weighted by atomic mass is 32.2. The quantitative estimate of drug-likeness (QED) is 0.742. The van der Waals surface area contributed by atoms with Gasteiger partial charge >= 0.3 is 0 Å². The van der Waals surface area contributed by atoms with Gasteiger partial charge in [-0.15, -0.1) is 0 Å². The topological polar surface area (TPSA) is 86.4 Å². The van der Waals surface area contributed by atoms with E-state index in [2.05, 4.69) is 34.2 Å². The average Bonchev–Trinajstić information content (AvgIpc) is 3.30. The van der Waals surface area contributed by atoms with Gasteiger partial charge in [-0.2, -0.15) is 9.40 Å². The van der Waals surface area contributed by atoms with E-state index >= 15 is 0 Å². The Morgan fingerprint density at radius 1 is 1.13 bits per heavy atom. The number of aromatic amines is 1. The molecule has 8 heteroatoms. The van der Waals surface area contributed by atoms with Crippen molar-refractivity contribution < 1.29 is 13.2 Å². The van der Waals surface area contributed by atoms with Crippen LogP contribution in [0.15, 0.2) is 47.6 Å². The number of H-pyrrole nitrogens is 1. The van der Waals surface area contributed by atoms with Crippen LogP contribution >= 0.6 is 0 Å². The Hall–Kier alpha value is -2.19. The van der Waals surface area contributed by atoms with E-state index < -0.39 is 15.4 Å². The Bertz CT molecular complexity index is 970. The average molecular weight is 445 g/mol. The van der Waals surface area contributed by atoms with Gasteiger partial charge in [-0.1, -0.05) is 43.7 Å². The van der Waals surface area contributed by atoms with Crippen molar-refractivity contribution in [3.05, 3.63) is 48.3 Å². The lowest BCUT2D eigenvalue weighted by Crippen LogP contribution is -2.49. The minimum absolute atomic E-state index is 0.202. The van der Waals surface area contributed by atoms with Crippen LogP contribution in [0.1, 0.15) is 44.6 Å². The van der Waals surface area contributed by atoms with Gasteiger partial charge in [0, 0.05) is 37.8 Å². The number of likely N-dealkylation sites (tertiary alicyclic amines) is 1. The van der Waals surface area contributed by atoms with Crippen LogP contribution in [0.4, 0.5) is 0 Å². The van der Waals surface area contributed by atoms with Crippen LogP contribution in [0.25, 0.3) is 0 Å². The normalized spacial score (nSPS) is 24.3. The molecular formula is C23H32N4O3S. The van der Waals surface area contributed by atoms with Crippen molar-refractivity contribution >= 4 is 15.9 Å². The highest BCUT2D eigenvalue weighted by Crippen LogP contribution is 2.43. The molecule has 1 aromatic heterocycles. The molecule has 168 valence electrons. The minimum Gasteiger partial charge on any atom is -0.342 e. The van der Waals surface area contributed by atoms with Gasteiger partial charge in [-0.25, -0.2) is 8.42 Å². The van der Waals surface area contributed by atoms with Crippen LogP contribution in [0.2, 0.25) is 0 Å². The molecule has 2 fully saturated rings. The molecule has 1 amide bonds. The maximum absolute atomic E-state index is 13.6. The third-order valence-corrected chi connectivity index (χ3v) is 8.99. The molecule has 0 radical (unpaired) electrons. The van der Waals surface area contributed by atoms with Crippen LogP contribution < -0.4 is 0 Å². The van der Waals surface area contributed by atoms with Gasteiger partial charge < -0.3 is 4.90 Å². The summed E-state index contributed by atoms with van der Waals surface area (Å²) in [5.41, 5.74) is 0.831. The Balaban J connectivity index is 1.42. The van der Waals surface area contributed by atoms with E-state index in [0.717, 1.165) is 38.8 Å². The van der Waals surface area contributed by atoms with Crippen molar-refractivity contribution in [2.45, 2.75) is 50.3 Å². The van der Waals surface area contributed by atoms with Gasteiger partial charge in [0.25, 0.3) is 0 Å². The standard InChI is InChI=1S/C23H32N4O3S/c1-23(20-10-15-27(16-11-20)31(29,30)21-17-24-25-18-21)12-5-6-13-26(22(23)28)14-9-19-7-3-2-4-8-19/h2-4,7-8,17-18,20H,5-6,9-16H2,1H3,(H,24,25)/t23-/m0/s1. The predicted octanol–water partition coefficient (Wildman–Crippen LogP) is 3.07. The summed E-state index contributed by atoms with van der Waals surface area (Å²) in [5, 5.41) is 6.35. The van der Waals surface area contributed by atoms with Gasteiger partial charge in [0.2, 0.25) is 15.9 Å². The maximum Gasteiger partial charge on any atom is 0.246 e. The summed E-state index contributed by atoms with van der Waals surface area (Å²) in [7, 11) is -3.52. The monoisotopic (exact) mass is 444 g/mol. The third-order valence-electron chi connectivity index (χ3n) is 7.13. The number of benzene rings is 1. The predicted molar refractivity (Wildman–Crippen MR) is 119 cm³/mol. The highest BCUT2D eigenvalue weighted by Gasteiger charge is 2.46. The molecule has 1 aromatic carbocycles. The number of hydrogen-bond acceptors (Lipinski definition) is 4. The number of sulfonamides is 1. The summed E-state index contributed by atoms with van der Waals surface area (Å²) in [5.74, 6) is 0.449. The van der Waals surface area contributed by atoms with Gasteiger partial charge in [0.1, 0.15) is 4.90 Å². The van der Waals surface area contributed by atoms with E-state index in [1.54, 1.807) is 0 Å². The number of nitrogens with zero attached hydrogens (tertiary/aromatic N) is 3. The first-order valence-electron chi connectivity index (χ1n) is 11.2. The fourth-order valence-corrected chi connectivity index (χ4v) is 6.51. The number of piperidine rings is 1. The van der Waals surface area contributed by atoms with Crippen LogP contribution in [0.5, 0.6) is 0 Å². The van der Waals surface area contributed by atoms with Crippen LogP contribution in [-0.4, -0.2) is 59.9 Å². The summed E-state index contributed by atoms with van der Waals surface area (Å²) in [4.78, 5) is 15.9. The largest absolute Gasteiger partial charge is 0.342 e. The Morgan fingerprint density at radius 3 is 2.55 bits per heavy atom. The lowest BCUT2D eigenvalue weighted by Gasteiger charge is -2.42. The smallest absolute Gasteiger partial charge is 0.246 e. The highest BCUT2D eigenvalue weighted by molar-refractivity contribution is 7.89. The summed E-state index contributed by atoms with van der Waals surface area (Å²) in [6.45, 7) is 4.57. The van der Waals surface area contributed by atoms with Crippen molar-refractivity contribution in [2.24, 2.45) is 11.3 Å². The maximum atomic E-state index is 13.6. The number of carbonyl (C=O) groups is 1. The van der Waals surface area contributed by atoms with Crippen LogP contribution in [0, 0.1) is 11.3 Å². The Morgan fingerprint density at radius 2 is 1.87 bits per heavy atom. The summed E-state index contributed by atoms with van der Waals surface area (Å²) in [6.07, 6.45) is 8.01. The molecule has 7 nitrogen and oxygen atoms in total. The molecular weight excluding hydrogens is 412 g/mol. The lowest BCUT2D eigenvalue weighted by molar-refractivity contribution is -0.144. The van der Waals surface area contributed by atoms with Gasteiger partial charge in [0.15, 0.2) is 0 Å². The number of carbonyl (C=O) groups excluding carboxylic acids is 1. The second-order valence-electron chi connectivity index (χ2n) is 9.01. The molecule has 2 aliphatic rings. The van der Waals surface area contributed by atoms with E-state index in [1.807, 2.05) is 18.2 Å². The first-order valence-corrected chi connectivity index (χ1v) is 12.7. The van der Waals surface area contributed by atoms with E-state index in [0.29, 0.717) is 25.9 Å². The van der Waals surface area contributed by atoms with Crippen molar-refractivity contribution in [1.29, 1.82) is 0 Å². The molecule has 0 aliphatic carbocycles. The Labute approximate surface area is 184 Å². The van der Waals surface area contributed by atoms with E-state index in [4.69, 9.17) is 0 Å². The van der Waals surface area contributed by atoms with E-state index in [1.165, 1.54) is 22.3 Å². The number of nitrogens with one attached hydrogen (secondary N) is 1. The molecule has 31 heavy (non-hydrogen) atoms. The first-order chi connectivity index (χ1) is 14.9. The molecule has 2 aliphatic heterocycles. The van der Waals surface area contributed by atoms with Crippen molar-refractivity contribution in [3.8, 4) is 0 Å². The second-order valence-corrected chi connectivity index (χ2v) is 11.0. The summed E-state index contributed by atoms with van der Waals surface area (Å²) >= 11 is 0. The van der Waals surface area contributed by atoms with Gasteiger partial charge in [-0.3, -0.25) is 9.89 Å². The molecule has 0 saturated carbocycles. The lowest BCUT2D eigenvalue weighted by atomic mass is 9.69. The van der Waals surface area contributed by atoms with Gasteiger partial charge in [-0.05, 0) is 43.6 Å². The third kappa shape index (κ3) is 4.55. The molecule has 3 heterocycles. The van der Waals surface area contributed by atoms with E-state index in [-0.39, 0.29) is 16.7 Å². The van der Waals surface area contributed by atoms with Crippen molar-refractivity contribution in [2.75, 3.05) is 26.2 Å². The summed E-state index contributed by atoms with van der Waals surface area (Å²) in [6, 6.07) is 10.3. The van der Waals surface area contributed by atoms with Crippen molar-refractivity contribution in [3.63, 3.8) is 0 Å². The first kappa shape index (κ1) is 22.0. The molecule has 2 saturated heterocycles. The number of amides is 1. The van der Waals surface area contributed by atoms with E-state index in [9.17, 15) is 13.2 Å². The number of aromatic nitrogens is 2. The fraction of sp³-hybridized carbons (Fsp3) is 0.565. The Kier molecular flexibility index (Phi) is 6.48. The number of hydrogen-bond donors (Lipinski definition) is 1. The zero-order valence-electron chi connectivity index (χ0n) is 18.2. The zero-order valence-corrected chi connectivity index (χ0v) is 19.0. The SMILES string of the molecule is C[C@@]1(C2CCN(S(=O)(=O)c3cn[nH]c3)CC2)CCCCN(CCc2ccccc2)C1=O. The fourth-order valence-electron chi connectivity index (χ4n) is 5.13. The molecule has 1 atom stereocenters. The molecule has 1 N–H and O–H groups in total. The number of rotatable bonds is 6. The minimum atomic E-state index is -3.52. The van der Waals surface area contributed by atoms with Crippen LogP contribution in [-0.2, 0) is 21.2 Å². The zero-order chi connectivity index (χ0) is 21.9. The molecule has 0 bridgehead atoms. The molecule has 0 spiro atoms. The second kappa shape index (κ2) is 9.12. The summed E-state index contributed by atoms with van der Waals surface area (Å²) < 4.78 is 27.1. The van der Waals surface area contributed by atoms with Gasteiger partial charge in [0.05, 0.1) is 6.20 Å². The van der Waals surface area contributed by atoms with Crippen LogP contribution in [0.3, 0.4) is 0 Å². The van der Waals surface area contributed by atoms with Crippen molar-refractivity contribution in [1.82, 2.24) is 19.4 Å². The molecule has 0 unspecified atom stereocenters. The molecule has 4 rings (SSSR count). The molecule has 2 aromatic rings.